The summed E-state index contributed by atoms with van der Waals surface area (Å²) < 4.78 is 83.6. The van der Waals surface area contributed by atoms with E-state index in [9.17, 15) is 26.3 Å². The number of benzene rings is 9. The molecule has 0 aromatic heterocycles. The highest BCUT2D eigenvalue weighted by Crippen LogP contribution is 2.49. The third-order valence-corrected chi connectivity index (χ3v) is 13.0. The first-order valence-corrected chi connectivity index (χ1v) is 22.3. The summed E-state index contributed by atoms with van der Waals surface area (Å²) in [6, 6.07) is 57.4. The Hall–Kier alpha value is -8.10. The van der Waals surface area contributed by atoms with Crippen molar-refractivity contribution in [2.75, 3.05) is 9.80 Å². The number of alkyl halides is 6. The molecule has 0 saturated carbocycles. The van der Waals surface area contributed by atoms with Crippen LogP contribution in [0.1, 0.15) is 17.5 Å². The Balaban J connectivity index is 1.17. The fourth-order valence-corrected chi connectivity index (χ4v) is 9.77. The zero-order valence-corrected chi connectivity index (χ0v) is 36.3. The van der Waals surface area contributed by atoms with E-state index in [1.54, 1.807) is 0 Å². The highest BCUT2D eigenvalue weighted by atomic mass is 19.4. The van der Waals surface area contributed by atoms with Gasteiger partial charge >= 0.3 is 12.4 Å². The van der Waals surface area contributed by atoms with E-state index in [0.29, 0.717) is 17.8 Å². The summed E-state index contributed by atoms with van der Waals surface area (Å²) in [5.41, 5.74) is 7.97. The van der Waals surface area contributed by atoms with Gasteiger partial charge in [-0.25, -0.2) is 0 Å². The van der Waals surface area contributed by atoms with Gasteiger partial charge in [0.25, 0.3) is 0 Å². The van der Waals surface area contributed by atoms with Gasteiger partial charge in [-0.05, 0) is 158 Å². The van der Waals surface area contributed by atoms with E-state index in [4.69, 9.17) is 0 Å². The first-order valence-electron chi connectivity index (χ1n) is 22.3. The molecule has 8 heteroatoms. The summed E-state index contributed by atoms with van der Waals surface area (Å²) in [4.78, 5) is 4.06. The molecule has 68 heavy (non-hydrogen) atoms. The molecule has 0 heterocycles. The normalized spacial score (nSPS) is 14.8. The molecule has 1 atom stereocenters. The molecule has 11 rings (SSSR count). The molecule has 0 fully saturated rings. The van der Waals surface area contributed by atoms with Gasteiger partial charge in [-0.3, -0.25) is 0 Å². The van der Waals surface area contributed by atoms with Crippen LogP contribution in [0, 0.1) is 5.92 Å². The van der Waals surface area contributed by atoms with Crippen LogP contribution < -0.4 is 9.80 Å². The van der Waals surface area contributed by atoms with Crippen LogP contribution >= 0.6 is 0 Å². The third-order valence-electron chi connectivity index (χ3n) is 13.0. The summed E-state index contributed by atoms with van der Waals surface area (Å²) in [7, 11) is 0. The minimum Gasteiger partial charge on any atom is -0.314 e. The SMILES string of the molecule is FC(F)(F)c1ccc(N(C2=CC=C3C=CC=CC3C2)c2ccc3c(-c4ccccc4)c4cc(N(c5ccc(C(F)(F)F)cc5)c5ccc6ccccc6c5)ccc4c(-c4ccccc4)c3c2)cc1. The lowest BCUT2D eigenvalue weighted by molar-refractivity contribution is -0.138. The molecular weight excluding hydrogens is 863 g/mol. The Morgan fingerprint density at radius 3 is 1.43 bits per heavy atom. The van der Waals surface area contributed by atoms with Crippen LogP contribution in [0.25, 0.3) is 54.6 Å². The van der Waals surface area contributed by atoms with Crippen LogP contribution in [0.3, 0.4) is 0 Å². The number of anilines is 5. The molecule has 332 valence electrons. The molecule has 0 spiro atoms. The Labute approximate surface area is 389 Å². The first-order chi connectivity index (χ1) is 33.0. The Morgan fingerprint density at radius 2 is 0.868 bits per heavy atom. The number of hydrogen-bond acceptors (Lipinski definition) is 2. The number of halogens is 6. The molecule has 1 unspecified atom stereocenters. The quantitative estimate of drug-likeness (QED) is 0.111. The van der Waals surface area contributed by atoms with Crippen molar-refractivity contribution in [1.29, 1.82) is 0 Å². The second-order valence-corrected chi connectivity index (χ2v) is 17.1. The van der Waals surface area contributed by atoms with Gasteiger partial charge in [-0.1, -0.05) is 134 Å². The molecular formula is C60H40F6N2. The van der Waals surface area contributed by atoms with Crippen LogP contribution in [0.5, 0.6) is 0 Å². The van der Waals surface area contributed by atoms with E-state index in [1.807, 2.05) is 102 Å². The standard InChI is InChI=1S/C60H40F6N2/c61-59(62,63)45-21-27-47(28-22-45)67(49-25-19-39-11-7-9-17-43(39)35-49)51-32-34-54-55(37-51)57(41-13-3-1-4-14-41)53-33-31-52(38-56(53)58(54)42-15-5-2-6-16-42)68(48-29-23-46(24-30-48)60(64,65)66)50-26-20-40-12-8-10-18-44(40)36-50/h1-35,37-38,44H,36H2. The van der Waals surface area contributed by atoms with Gasteiger partial charge in [-0.2, -0.15) is 26.3 Å². The molecule has 2 aliphatic carbocycles. The van der Waals surface area contributed by atoms with Crippen LogP contribution in [0.2, 0.25) is 0 Å². The van der Waals surface area contributed by atoms with Gasteiger partial charge < -0.3 is 9.80 Å². The minimum absolute atomic E-state index is 0.108. The van der Waals surface area contributed by atoms with Gasteiger partial charge in [0.2, 0.25) is 0 Å². The van der Waals surface area contributed by atoms with Crippen molar-refractivity contribution in [1.82, 2.24) is 0 Å². The van der Waals surface area contributed by atoms with E-state index in [1.165, 1.54) is 29.8 Å². The minimum atomic E-state index is -4.50. The molecule has 0 aliphatic heterocycles. The number of nitrogens with zero attached hydrogens (tertiary/aromatic N) is 2. The van der Waals surface area contributed by atoms with Crippen LogP contribution in [0.4, 0.5) is 54.8 Å². The van der Waals surface area contributed by atoms with Crippen LogP contribution in [-0.2, 0) is 12.4 Å². The number of rotatable bonds is 8. The van der Waals surface area contributed by atoms with Crippen LogP contribution in [0.15, 0.2) is 236 Å². The van der Waals surface area contributed by atoms with Crippen LogP contribution in [-0.4, -0.2) is 0 Å². The highest BCUT2D eigenvalue weighted by Gasteiger charge is 2.32. The van der Waals surface area contributed by atoms with E-state index in [-0.39, 0.29) is 5.92 Å². The van der Waals surface area contributed by atoms with Gasteiger partial charge in [0, 0.05) is 40.1 Å². The second kappa shape index (κ2) is 17.0. The zero-order chi connectivity index (χ0) is 46.6. The maximum atomic E-state index is 13.9. The summed E-state index contributed by atoms with van der Waals surface area (Å²) >= 11 is 0. The largest absolute Gasteiger partial charge is 0.416 e. The van der Waals surface area contributed by atoms with Gasteiger partial charge in [0.05, 0.1) is 11.1 Å². The summed E-state index contributed by atoms with van der Waals surface area (Å²) in [6.07, 6.45) is 4.08. The molecule has 2 nitrogen and oxygen atoms in total. The van der Waals surface area contributed by atoms with Crippen molar-refractivity contribution in [3.8, 4) is 22.3 Å². The third kappa shape index (κ3) is 7.91. The van der Waals surface area contributed by atoms with E-state index < -0.39 is 23.5 Å². The molecule has 2 aliphatic rings. The maximum absolute atomic E-state index is 13.9. The lowest BCUT2D eigenvalue weighted by Gasteiger charge is -2.33. The Bertz CT molecular complexity index is 3490. The van der Waals surface area contributed by atoms with Crippen molar-refractivity contribution >= 4 is 60.8 Å². The number of fused-ring (bicyclic) bond motifs is 4. The number of allylic oxidation sites excluding steroid dienone is 8. The smallest absolute Gasteiger partial charge is 0.314 e. The molecule has 0 saturated heterocycles. The molecule has 9 aromatic rings. The van der Waals surface area contributed by atoms with Crippen molar-refractivity contribution in [2.24, 2.45) is 5.92 Å². The molecule has 0 N–H and O–H groups in total. The lowest BCUT2D eigenvalue weighted by Crippen LogP contribution is -2.21. The van der Waals surface area contributed by atoms with E-state index in [0.717, 1.165) is 102 Å². The lowest BCUT2D eigenvalue weighted by atomic mass is 9.84. The monoisotopic (exact) mass is 902 g/mol. The predicted molar refractivity (Wildman–Crippen MR) is 266 cm³/mol. The van der Waals surface area contributed by atoms with Gasteiger partial charge in [0.15, 0.2) is 0 Å². The highest BCUT2D eigenvalue weighted by molar-refractivity contribution is 6.22. The van der Waals surface area contributed by atoms with E-state index in [2.05, 4.69) is 83.8 Å². The van der Waals surface area contributed by atoms with Crippen molar-refractivity contribution in [3.05, 3.63) is 247 Å². The van der Waals surface area contributed by atoms with Crippen molar-refractivity contribution in [2.45, 2.75) is 18.8 Å². The topological polar surface area (TPSA) is 6.48 Å². The zero-order valence-electron chi connectivity index (χ0n) is 36.3. The van der Waals surface area contributed by atoms with Crippen molar-refractivity contribution < 1.29 is 26.3 Å². The van der Waals surface area contributed by atoms with Gasteiger partial charge in [0.1, 0.15) is 0 Å². The first kappa shape index (κ1) is 42.5. The average molecular weight is 903 g/mol. The van der Waals surface area contributed by atoms with E-state index >= 15 is 0 Å². The molecule has 9 aromatic carbocycles. The average Bonchev–Trinajstić information content (AvgIpc) is 3.36. The van der Waals surface area contributed by atoms with Crippen molar-refractivity contribution in [3.63, 3.8) is 0 Å². The fraction of sp³-hybridized carbons (Fsp3) is 0.0667. The summed E-state index contributed by atoms with van der Waals surface area (Å²) in [6.45, 7) is 0. The maximum Gasteiger partial charge on any atom is 0.416 e. The predicted octanol–water partition coefficient (Wildman–Crippen LogP) is 18.1. The molecule has 0 bridgehead atoms. The number of hydrogen-bond donors (Lipinski definition) is 0. The Morgan fingerprint density at radius 1 is 0.397 bits per heavy atom. The fourth-order valence-electron chi connectivity index (χ4n) is 9.77. The Kier molecular flexibility index (Phi) is 10.6. The second-order valence-electron chi connectivity index (χ2n) is 17.1. The molecule has 0 radical (unpaired) electrons. The molecule has 0 amide bonds. The summed E-state index contributed by atoms with van der Waals surface area (Å²) in [5.74, 6) is 0.108. The van der Waals surface area contributed by atoms with Gasteiger partial charge in [-0.15, -0.1) is 0 Å². The summed E-state index contributed by atoms with van der Waals surface area (Å²) in [5, 5.41) is 5.77.